The van der Waals surface area contributed by atoms with Crippen molar-refractivity contribution < 1.29 is 24.9 Å². The van der Waals surface area contributed by atoms with Crippen LogP contribution in [0.2, 0.25) is 0 Å². The molecule has 2 aliphatic rings. The Labute approximate surface area is 238 Å². The van der Waals surface area contributed by atoms with Gasteiger partial charge in [0.2, 0.25) is 11.8 Å². The summed E-state index contributed by atoms with van der Waals surface area (Å²) in [4.78, 5) is 33.7. The second-order valence-electron chi connectivity index (χ2n) is 10.4. The zero-order valence-electron chi connectivity index (χ0n) is 22.4. The molecule has 0 unspecified atom stereocenters. The normalized spacial score (nSPS) is 22.1. The van der Waals surface area contributed by atoms with Gasteiger partial charge in [0.05, 0.1) is 36.8 Å². The molecule has 3 heterocycles. The average molecular weight is 559 g/mol. The number of carbonyl (C=O) groups excluding carboxylic acids is 2. The molecular weight excluding hydrogens is 524 g/mol. The van der Waals surface area contributed by atoms with Crippen molar-refractivity contribution in [3.8, 4) is 5.75 Å². The molecule has 3 N–H and O–H groups in total. The van der Waals surface area contributed by atoms with Gasteiger partial charge in [-0.05, 0) is 84.2 Å². The van der Waals surface area contributed by atoms with Crippen LogP contribution in [0.1, 0.15) is 48.7 Å². The van der Waals surface area contributed by atoms with Crippen LogP contribution in [0.3, 0.4) is 0 Å². The van der Waals surface area contributed by atoms with Crippen molar-refractivity contribution in [3.63, 3.8) is 0 Å². The molecule has 1 fully saturated rings. The second-order valence-corrected chi connectivity index (χ2v) is 11.4. The standard InChI is InChI=1S/C32H34N2O5S/c1-2-21-17-25-30(32(39)34(31(25)38)18-24-9-6-14-40-24)26(19-35)29(21)28(37)12-11-22(27-10-3-4-13-33-27)15-20-7-5-8-23(36)16-20/h3-10,13-16,25-26,28,30,35-37H,2,11-12,17-19H2,1H3/b22-15-/t25-,26+,28-,30-/m1/s1. The summed E-state index contributed by atoms with van der Waals surface area (Å²) < 4.78 is 0. The lowest BCUT2D eigenvalue weighted by Gasteiger charge is -2.36. The number of imide groups is 1. The molecule has 7 nitrogen and oxygen atoms in total. The molecule has 208 valence electrons. The number of amides is 2. The van der Waals surface area contributed by atoms with Crippen molar-refractivity contribution in [3.05, 3.63) is 93.5 Å². The maximum atomic E-state index is 13.5. The summed E-state index contributed by atoms with van der Waals surface area (Å²) in [6.45, 7) is 1.92. The number of pyridine rings is 1. The van der Waals surface area contributed by atoms with Crippen LogP contribution in [0.4, 0.5) is 0 Å². The van der Waals surface area contributed by atoms with Crippen LogP contribution in [-0.4, -0.2) is 49.7 Å². The van der Waals surface area contributed by atoms with Gasteiger partial charge < -0.3 is 15.3 Å². The topological polar surface area (TPSA) is 111 Å². The van der Waals surface area contributed by atoms with Gasteiger partial charge in [0.1, 0.15) is 5.75 Å². The van der Waals surface area contributed by atoms with Crippen LogP contribution in [0.25, 0.3) is 11.6 Å². The zero-order chi connectivity index (χ0) is 28.2. The van der Waals surface area contributed by atoms with E-state index in [1.807, 2.05) is 54.8 Å². The number of nitrogens with zero attached hydrogens (tertiary/aromatic N) is 2. The molecule has 0 saturated carbocycles. The van der Waals surface area contributed by atoms with E-state index in [0.717, 1.165) is 27.3 Å². The molecule has 1 aliphatic carbocycles. The van der Waals surface area contributed by atoms with Gasteiger partial charge in [-0.15, -0.1) is 11.3 Å². The van der Waals surface area contributed by atoms with Gasteiger partial charge in [-0.25, -0.2) is 0 Å². The summed E-state index contributed by atoms with van der Waals surface area (Å²) in [5.74, 6) is -2.07. The number of phenols is 1. The van der Waals surface area contributed by atoms with Crippen LogP contribution >= 0.6 is 11.3 Å². The van der Waals surface area contributed by atoms with E-state index in [2.05, 4.69) is 4.98 Å². The van der Waals surface area contributed by atoms with Gasteiger partial charge in [-0.1, -0.05) is 36.8 Å². The van der Waals surface area contributed by atoms with Crippen molar-refractivity contribution in [2.45, 2.75) is 45.3 Å². The highest BCUT2D eigenvalue weighted by Crippen LogP contribution is 2.47. The Morgan fingerprint density at radius 1 is 1.15 bits per heavy atom. The third kappa shape index (κ3) is 5.66. The number of aromatic nitrogens is 1. The third-order valence-corrected chi connectivity index (χ3v) is 8.91. The van der Waals surface area contributed by atoms with E-state index in [1.54, 1.807) is 24.4 Å². The first-order valence-corrected chi connectivity index (χ1v) is 14.6. The minimum absolute atomic E-state index is 0.165. The molecule has 1 saturated heterocycles. The van der Waals surface area contributed by atoms with Crippen molar-refractivity contribution in [1.82, 2.24) is 9.88 Å². The van der Waals surface area contributed by atoms with E-state index < -0.39 is 23.9 Å². The van der Waals surface area contributed by atoms with Crippen LogP contribution in [0.5, 0.6) is 5.75 Å². The van der Waals surface area contributed by atoms with Gasteiger partial charge in [-0.3, -0.25) is 19.5 Å². The van der Waals surface area contributed by atoms with E-state index in [0.29, 0.717) is 31.3 Å². The number of benzene rings is 1. The first-order valence-electron chi connectivity index (χ1n) is 13.7. The number of hydrogen-bond acceptors (Lipinski definition) is 7. The Balaban J connectivity index is 1.40. The molecule has 8 heteroatoms. The number of thiophene rings is 1. The molecule has 2 aromatic heterocycles. The lowest BCUT2D eigenvalue weighted by atomic mass is 9.67. The first-order chi connectivity index (χ1) is 19.4. The summed E-state index contributed by atoms with van der Waals surface area (Å²) in [6.07, 6.45) is 4.66. The van der Waals surface area contributed by atoms with Gasteiger partial charge in [0, 0.05) is 17.0 Å². The Bertz CT molecular complexity index is 1420. The highest BCUT2D eigenvalue weighted by molar-refractivity contribution is 7.09. The molecule has 1 aliphatic heterocycles. The lowest BCUT2D eigenvalue weighted by molar-refractivity contribution is -0.140. The van der Waals surface area contributed by atoms with E-state index in [4.69, 9.17) is 0 Å². The number of hydrogen-bond donors (Lipinski definition) is 3. The van der Waals surface area contributed by atoms with Crippen molar-refractivity contribution in [1.29, 1.82) is 0 Å². The van der Waals surface area contributed by atoms with Crippen LogP contribution in [0, 0.1) is 17.8 Å². The Morgan fingerprint density at radius 3 is 2.67 bits per heavy atom. The van der Waals surface area contributed by atoms with Gasteiger partial charge >= 0.3 is 0 Å². The Morgan fingerprint density at radius 2 is 2.00 bits per heavy atom. The Hall–Kier alpha value is -3.59. The summed E-state index contributed by atoms with van der Waals surface area (Å²) >= 11 is 1.50. The Kier molecular flexibility index (Phi) is 8.59. The molecule has 1 aromatic carbocycles. The molecule has 0 bridgehead atoms. The maximum Gasteiger partial charge on any atom is 0.234 e. The fraction of sp³-hybridized carbons (Fsp3) is 0.344. The van der Waals surface area contributed by atoms with Crippen molar-refractivity contribution >= 4 is 34.8 Å². The molecule has 4 atom stereocenters. The number of allylic oxidation sites excluding steroid dienone is 2. The summed E-state index contributed by atoms with van der Waals surface area (Å²) in [5.41, 5.74) is 4.13. The number of fused-ring (bicyclic) bond motifs is 1. The largest absolute Gasteiger partial charge is 0.508 e. The highest BCUT2D eigenvalue weighted by atomic mass is 32.1. The van der Waals surface area contributed by atoms with Gasteiger partial charge in [-0.2, -0.15) is 0 Å². The minimum Gasteiger partial charge on any atom is -0.508 e. The molecular formula is C32H34N2O5S. The highest BCUT2D eigenvalue weighted by Gasteiger charge is 2.54. The van der Waals surface area contributed by atoms with Crippen molar-refractivity contribution in [2.75, 3.05) is 6.61 Å². The van der Waals surface area contributed by atoms with E-state index in [1.165, 1.54) is 16.2 Å². The molecule has 3 aromatic rings. The molecule has 5 rings (SSSR count). The first kappa shape index (κ1) is 28.0. The predicted octanol–water partition coefficient (Wildman–Crippen LogP) is 5.05. The number of aliphatic hydroxyl groups is 2. The summed E-state index contributed by atoms with van der Waals surface area (Å²) in [7, 11) is 0. The summed E-state index contributed by atoms with van der Waals surface area (Å²) in [5, 5.41) is 33.9. The monoisotopic (exact) mass is 558 g/mol. The van der Waals surface area contributed by atoms with Crippen molar-refractivity contribution in [2.24, 2.45) is 17.8 Å². The van der Waals surface area contributed by atoms with Gasteiger partial charge in [0.15, 0.2) is 0 Å². The van der Waals surface area contributed by atoms with E-state index in [9.17, 15) is 24.9 Å². The quantitative estimate of drug-likeness (QED) is 0.237. The summed E-state index contributed by atoms with van der Waals surface area (Å²) in [6, 6.07) is 16.4. The number of aromatic hydroxyl groups is 1. The van der Waals surface area contributed by atoms with Gasteiger partial charge in [0.25, 0.3) is 0 Å². The molecule has 0 spiro atoms. The molecule has 0 radical (unpaired) electrons. The SMILES string of the molecule is CCC1=C([C@H](O)CC/C(=C/c2cccc(O)c2)c2ccccn2)[C@H](CO)[C@@H]2C(=O)N(Cc3cccs3)C(=O)[C@@H]2C1. The minimum atomic E-state index is -0.890. The smallest absolute Gasteiger partial charge is 0.234 e. The fourth-order valence-corrected chi connectivity index (χ4v) is 6.86. The number of likely N-dealkylation sites (tertiary alicyclic amines) is 1. The number of aliphatic hydroxyl groups excluding tert-OH is 2. The maximum absolute atomic E-state index is 13.5. The number of phenolic OH excluding ortho intramolecular Hbond substituents is 1. The number of carbonyl (C=O) groups is 2. The van der Waals surface area contributed by atoms with Crippen LogP contribution < -0.4 is 0 Å². The van der Waals surface area contributed by atoms with Crippen LogP contribution in [-0.2, 0) is 16.1 Å². The van der Waals surface area contributed by atoms with E-state index >= 15 is 0 Å². The molecule has 2 amide bonds. The average Bonchev–Trinajstić information content (AvgIpc) is 3.57. The van der Waals surface area contributed by atoms with Crippen LogP contribution in [0.15, 0.2) is 77.3 Å². The predicted molar refractivity (Wildman–Crippen MR) is 155 cm³/mol. The third-order valence-electron chi connectivity index (χ3n) is 8.04. The molecule has 40 heavy (non-hydrogen) atoms. The second kappa shape index (κ2) is 12.3. The number of rotatable bonds is 10. The zero-order valence-corrected chi connectivity index (χ0v) is 23.3. The fourth-order valence-electron chi connectivity index (χ4n) is 6.17. The van der Waals surface area contributed by atoms with E-state index in [-0.39, 0.29) is 30.7 Å². The lowest BCUT2D eigenvalue weighted by Crippen LogP contribution is -2.39.